The van der Waals surface area contributed by atoms with Crippen LogP contribution >= 0.6 is 0 Å². The van der Waals surface area contributed by atoms with Gasteiger partial charge in [0.05, 0.1) is 38.8 Å². The Morgan fingerprint density at radius 3 is 2.44 bits per heavy atom. The van der Waals surface area contributed by atoms with Gasteiger partial charge in [-0.05, 0) is 36.2 Å². The fraction of sp³-hybridized carbons (Fsp3) is 0.323. The number of nitrogens with zero attached hydrogens (tertiary/aromatic N) is 5. The molecule has 0 radical (unpaired) electrons. The number of carbonyl (C=O) groups excluding carboxylic acids is 1. The Balaban J connectivity index is 1.21. The Morgan fingerprint density at radius 1 is 1.04 bits per heavy atom. The molecule has 2 aromatic heterocycles. The number of ether oxygens (including phenoxy) is 1. The van der Waals surface area contributed by atoms with Gasteiger partial charge in [0.1, 0.15) is 6.61 Å². The third kappa shape index (κ3) is 4.55. The summed E-state index contributed by atoms with van der Waals surface area (Å²) >= 11 is 0. The molecule has 7 rings (SSSR count). The van der Waals surface area contributed by atoms with Crippen LogP contribution in [0.15, 0.2) is 64.3 Å². The number of benzene rings is 2. The molecule has 14 heteroatoms. The zero-order chi connectivity index (χ0) is 31.7. The van der Waals surface area contributed by atoms with Crippen molar-refractivity contribution in [1.29, 1.82) is 0 Å². The van der Waals surface area contributed by atoms with Crippen LogP contribution in [0.25, 0.3) is 22.3 Å². The van der Waals surface area contributed by atoms with Crippen LogP contribution in [0, 0.1) is 10.1 Å². The van der Waals surface area contributed by atoms with Gasteiger partial charge >= 0.3 is 5.97 Å². The lowest BCUT2D eigenvalue weighted by Crippen LogP contribution is -2.48. The minimum atomic E-state index is -3.83. The molecule has 5 heterocycles. The number of nitro benzene ring substituents is 1. The monoisotopic (exact) mass is 631 g/mol. The van der Waals surface area contributed by atoms with Crippen LogP contribution in [0.1, 0.15) is 35.6 Å². The van der Waals surface area contributed by atoms with Gasteiger partial charge in [-0.3, -0.25) is 19.8 Å². The average Bonchev–Trinajstić information content (AvgIpc) is 3.42. The van der Waals surface area contributed by atoms with Crippen molar-refractivity contribution in [1.82, 2.24) is 18.8 Å². The van der Waals surface area contributed by atoms with Gasteiger partial charge in [-0.2, -0.15) is 4.31 Å². The molecule has 45 heavy (non-hydrogen) atoms. The second-order valence-electron chi connectivity index (χ2n) is 11.5. The van der Waals surface area contributed by atoms with E-state index in [0.717, 1.165) is 22.0 Å². The number of nitro groups is 1. The number of hydrogen-bond acceptors (Lipinski definition) is 10. The van der Waals surface area contributed by atoms with Gasteiger partial charge < -0.3 is 14.4 Å². The molecule has 0 unspecified atom stereocenters. The molecule has 0 spiro atoms. The fourth-order valence-corrected chi connectivity index (χ4v) is 7.96. The van der Waals surface area contributed by atoms with Crippen LogP contribution in [-0.2, 0) is 44.9 Å². The lowest BCUT2D eigenvalue weighted by atomic mass is 9.86. The smallest absolute Gasteiger partial charge is 0.343 e. The van der Waals surface area contributed by atoms with Crippen molar-refractivity contribution in [3.8, 4) is 11.4 Å². The molecule has 2 aromatic carbocycles. The van der Waals surface area contributed by atoms with Crippen LogP contribution in [0.2, 0.25) is 0 Å². The van der Waals surface area contributed by atoms with E-state index in [9.17, 15) is 33.2 Å². The van der Waals surface area contributed by atoms with Crippen molar-refractivity contribution in [3.05, 3.63) is 97.3 Å². The largest absolute Gasteiger partial charge is 0.458 e. The maximum absolute atomic E-state index is 13.7. The molecule has 3 aliphatic rings. The van der Waals surface area contributed by atoms with Gasteiger partial charge in [-0.25, -0.2) is 18.2 Å². The van der Waals surface area contributed by atoms with Crippen molar-refractivity contribution < 1.29 is 28.0 Å². The number of pyridine rings is 2. The number of rotatable bonds is 6. The van der Waals surface area contributed by atoms with E-state index < -0.39 is 26.5 Å². The predicted octanol–water partition coefficient (Wildman–Crippen LogP) is 2.49. The van der Waals surface area contributed by atoms with Crippen LogP contribution in [0.3, 0.4) is 0 Å². The van der Waals surface area contributed by atoms with Gasteiger partial charge in [0, 0.05) is 61.4 Å². The molecule has 0 saturated carbocycles. The molecule has 232 valence electrons. The molecular formula is C31H29N5O8S. The number of carbonyl (C=O) groups is 1. The Labute approximate surface area is 257 Å². The van der Waals surface area contributed by atoms with Crippen LogP contribution in [-0.4, -0.2) is 69.4 Å². The third-order valence-electron chi connectivity index (χ3n) is 9.11. The lowest BCUT2D eigenvalue weighted by molar-refractivity contribution is -0.384. The van der Waals surface area contributed by atoms with E-state index in [-0.39, 0.29) is 59.9 Å². The topological polar surface area (TPSA) is 165 Å². The second kappa shape index (κ2) is 10.5. The maximum Gasteiger partial charge on any atom is 0.343 e. The van der Waals surface area contributed by atoms with E-state index in [0.29, 0.717) is 31.0 Å². The first-order valence-electron chi connectivity index (χ1n) is 14.6. The Hall–Kier alpha value is -4.50. The number of sulfonamides is 1. The molecule has 0 amide bonds. The number of piperazine rings is 1. The summed E-state index contributed by atoms with van der Waals surface area (Å²) in [5.41, 5.74) is 1.79. The fourth-order valence-electron chi connectivity index (χ4n) is 6.53. The summed E-state index contributed by atoms with van der Waals surface area (Å²) in [6.45, 7) is 3.57. The van der Waals surface area contributed by atoms with Crippen LogP contribution in [0.4, 0.5) is 5.69 Å². The number of aromatic nitrogens is 2. The molecule has 0 aliphatic carbocycles. The van der Waals surface area contributed by atoms with E-state index in [1.165, 1.54) is 28.6 Å². The molecular weight excluding hydrogens is 602 g/mol. The first-order valence-corrected chi connectivity index (χ1v) is 16.0. The number of para-hydroxylation sites is 1. The van der Waals surface area contributed by atoms with Crippen molar-refractivity contribution in [2.24, 2.45) is 0 Å². The van der Waals surface area contributed by atoms with E-state index in [4.69, 9.17) is 9.72 Å². The summed E-state index contributed by atoms with van der Waals surface area (Å²) in [5, 5.41) is 23.1. The highest BCUT2D eigenvalue weighted by Gasteiger charge is 2.45. The highest BCUT2D eigenvalue weighted by molar-refractivity contribution is 7.89. The van der Waals surface area contributed by atoms with Crippen molar-refractivity contribution in [3.63, 3.8) is 0 Å². The highest BCUT2D eigenvalue weighted by Crippen LogP contribution is 2.40. The van der Waals surface area contributed by atoms with Gasteiger partial charge in [0.2, 0.25) is 10.0 Å². The average molecular weight is 632 g/mol. The van der Waals surface area contributed by atoms with E-state index in [2.05, 4.69) is 4.90 Å². The predicted molar refractivity (Wildman–Crippen MR) is 162 cm³/mol. The molecule has 3 aliphatic heterocycles. The lowest BCUT2D eigenvalue weighted by Gasteiger charge is -2.34. The maximum atomic E-state index is 13.7. The van der Waals surface area contributed by atoms with Crippen LogP contribution < -0.4 is 5.56 Å². The zero-order valence-corrected chi connectivity index (χ0v) is 25.1. The van der Waals surface area contributed by atoms with Crippen LogP contribution in [0.5, 0.6) is 0 Å². The molecule has 1 atom stereocenters. The number of aliphatic hydroxyl groups is 1. The summed E-state index contributed by atoms with van der Waals surface area (Å²) in [7, 11) is -3.83. The first-order chi connectivity index (χ1) is 21.5. The number of fused-ring (bicyclic) bond motifs is 5. The van der Waals surface area contributed by atoms with Gasteiger partial charge in [0.25, 0.3) is 11.2 Å². The minimum Gasteiger partial charge on any atom is -0.458 e. The van der Waals surface area contributed by atoms with Crippen molar-refractivity contribution in [2.75, 3.05) is 26.2 Å². The summed E-state index contributed by atoms with van der Waals surface area (Å²) in [4.78, 5) is 43.8. The van der Waals surface area contributed by atoms with Gasteiger partial charge in [-0.1, -0.05) is 25.1 Å². The standard InChI is InChI=1S/C31H29N5O8S/c1-2-31(39)25-15-27-28-23(17-35(27)29(37)24(25)18-44-30(31)38)22(21-5-3-4-6-26(21)32-28)16-33-11-13-34(14-12-33)45(42,43)20-9-7-19(8-10-20)36(40)41/h3-10,15,39H,2,11-14,16-18H2,1H3/t31-/m0/s1. The minimum absolute atomic E-state index is 0.00692. The summed E-state index contributed by atoms with van der Waals surface area (Å²) < 4.78 is 34.7. The molecule has 1 fully saturated rings. The summed E-state index contributed by atoms with van der Waals surface area (Å²) in [5.74, 6) is -0.776. The number of hydrogen-bond donors (Lipinski definition) is 1. The first kappa shape index (κ1) is 29.2. The van der Waals surface area contributed by atoms with Crippen molar-refractivity contribution >= 4 is 32.6 Å². The molecule has 1 N–H and O–H groups in total. The quantitative estimate of drug-likeness (QED) is 0.167. The van der Waals surface area contributed by atoms with E-state index in [1.807, 2.05) is 24.3 Å². The summed E-state index contributed by atoms with van der Waals surface area (Å²) in [6.07, 6.45) is 0.0525. The van der Waals surface area contributed by atoms with Gasteiger partial charge in [0.15, 0.2) is 5.60 Å². The van der Waals surface area contributed by atoms with Gasteiger partial charge in [-0.15, -0.1) is 0 Å². The highest BCUT2D eigenvalue weighted by atomic mass is 32.2. The van der Waals surface area contributed by atoms with E-state index in [1.54, 1.807) is 17.6 Å². The number of non-ortho nitro benzene ring substituents is 1. The third-order valence-corrected chi connectivity index (χ3v) is 11.0. The molecule has 13 nitrogen and oxygen atoms in total. The normalized spacial score (nSPS) is 20.0. The Morgan fingerprint density at radius 2 is 1.76 bits per heavy atom. The van der Waals surface area contributed by atoms with E-state index >= 15 is 0 Å². The second-order valence-corrected chi connectivity index (χ2v) is 13.4. The molecule has 1 saturated heterocycles. The summed E-state index contributed by atoms with van der Waals surface area (Å²) in [6, 6.07) is 14.3. The molecule has 0 bridgehead atoms. The Bertz CT molecular complexity index is 2070. The Kier molecular flexibility index (Phi) is 6.85. The zero-order valence-electron chi connectivity index (χ0n) is 24.3. The molecule has 4 aromatic rings. The van der Waals surface area contributed by atoms with Crippen molar-refractivity contribution in [2.45, 2.75) is 43.5 Å². The number of cyclic esters (lactones) is 1. The SMILES string of the molecule is CC[C@@]1(O)C(=O)OCc2c1cc1n(c2=O)Cc2c-1nc1ccccc1c2CN1CCN(S(=O)(=O)c2ccc([N+](=O)[O-])cc2)CC1. The number of esters is 1.